The van der Waals surface area contributed by atoms with Gasteiger partial charge in [0.05, 0.1) is 5.56 Å². The molecular weight excluding hydrogens is 234 g/mol. The highest BCUT2D eigenvalue weighted by Gasteiger charge is 2.33. The summed E-state index contributed by atoms with van der Waals surface area (Å²) >= 11 is 0. The Labute approximate surface area is 106 Å². The Bertz CT molecular complexity index is 468. The molecule has 0 saturated carbocycles. The van der Waals surface area contributed by atoms with Crippen LogP contribution in [0.3, 0.4) is 0 Å². The largest absolute Gasteiger partial charge is 0.480 e. The minimum absolute atomic E-state index is 0.378. The summed E-state index contributed by atoms with van der Waals surface area (Å²) in [5.74, 6) is -0.358. The van der Waals surface area contributed by atoms with Crippen LogP contribution in [0.4, 0.5) is 0 Å². The predicted octanol–water partition coefficient (Wildman–Crippen LogP) is 2.13. The van der Waals surface area contributed by atoms with Gasteiger partial charge in [-0.05, 0) is 25.3 Å². The van der Waals surface area contributed by atoms with Crippen molar-refractivity contribution in [3.8, 4) is 0 Å². The number of carbonyl (C=O) groups excluding carboxylic acids is 1. The molecule has 1 heterocycles. The SMILES string of the molecule is Cc1cc(C(=O)N[C@H](C(=O)O)C(C)(C)C)c(C)o1. The fourth-order valence-electron chi connectivity index (χ4n) is 1.71. The van der Waals surface area contributed by atoms with Crippen molar-refractivity contribution >= 4 is 11.9 Å². The number of hydrogen-bond acceptors (Lipinski definition) is 3. The van der Waals surface area contributed by atoms with Crippen LogP contribution in [0.1, 0.15) is 42.6 Å². The summed E-state index contributed by atoms with van der Waals surface area (Å²) in [6.07, 6.45) is 0. The Morgan fingerprint density at radius 2 is 1.89 bits per heavy atom. The van der Waals surface area contributed by atoms with Crippen molar-refractivity contribution in [2.45, 2.75) is 40.7 Å². The van der Waals surface area contributed by atoms with E-state index in [-0.39, 0.29) is 0 Å². The molecule has 5 nitrogen and oxygen atoms in total. The Morgan fingerprint density at radius 1 is 1.33 bits per heavy atom. The van der Waals surface area contributed by atoms with E-state index in [1.807, 2.05) is 0 Å². The second-order valence-electron chi connectivity index (χ2n) is 5.44. The molecule has 0 aliphatic rings. The number of rotatable bonds is 3. The van der Waals surface area contributed by atoms with Gasteiger partial charge in [0.25, 0.3) is 5.91 Å². The summed E-state index contributed by atoms with van der Waals surface area (Å²) < 4.78 is 5.26. The van der Waals surface area contributed by atoms with Gasteiger partial charge in [-0.15, -0.1) is 0 Å². The first-order valence-electron chi connectivity index (χ1n) is 5.73. The number of nitrogens with one attached hydrogen (secondary N) is 1. The molecule has 0 radical (unpaired) electrons. The number of carboxylic acid groups (broad SMARTS) is 1. The Kier molecular flexibility index (Phi) is 3.84. The number of aliphatic carboxylic acids is 1. The standard InChI is InChI=1S/C13H19NO4/c1-7-6-9(8(2)18-7)11(15)14-10(12(16)17)13(3,4)5/h6,10H,1-5H3,(H,14,15)(H,16,17)/t10-/m1/s1. The molecule has 0 unspecified atom stereocenters. The first-order valence-corrected chi connectivity index (χ1v) is 5.73. The van der Waals surface area contributed by atoms with E-state index in [4.69, 9.17) is 9.52 Å². The molecular formula is C13H19NO4. The van der Waals surface area contributed by atoms with Crippen LogP contribution < -0.4 is 5.32 Å². The van der Waals surface area contributed by atoms with Crippen molar-refractivity contribution in [1.29, 1.82) is 0 Å². The van der Waals surface area contributed by atoms with Gasteiger partial charge in [0.2, 0.25) is 0 Å². The summed E-state index contributed by atoms with van der Waals surface area (Å²) in [6.45, 7) is 8.70. The van der Waals surface area contributed by atoms with Gasteiger partial charge in [-0.1, -0.05) is 20.8 Å². The van der Waals surface area contributed by atoms with Gasteiger partial charge < -0.3 is 14.8 Å². The van der Waals surface area contributed by atoms with Crippen LogP contribution in [-0.2, 0) is 4.79 Å². The normalized spacial score (nSPS) is 13.2. The lowest BCUT2D eigenvalue weighted by Crippen LogP contribution is -2.49. The summed E-state index contributed by atoms with van der Waals surface area (Å²) in [6, 6.07) is 0.659. The van der Waals surface area contributed by atoms with Crippen molar-refractivity contribution < 1.29 is 19.1 Å². The molecule has 0 aliphatic heterocycles. The molecule has 1 atom stereocenters. The maximum atomic E-state index is 12.0. The highest BCUT2D eigenvalue weighted by Crippen LogP contribution is 2.21. The average molecular weight is 253 g/mol. The molecule has 0 fully saturated rings. The van der Waals surface area contributed by atoms with Crippen molar-refractivity contribution in [3.63, 3.8) is 0 Å². The minimum Gasteiger partial charge on any atom is -0.480 e. The fraction of sp³-hybridized carbons (Fsp3) is 0.538. The van der Waals surface area contributed by atoms with E-state index in [1.54, 1.807) is 40.7 Å². The van der Waals surface area contributed by atoms with Crippen LogP contribution in [0.15, 0.2) is 10.5 Å². The van der Waals surface area contributed by atoms with Gasteiger partial charge in [-0.2, -0.15) is 0 Å². The van der Waals surface area contributed by atoms with Gasteiger partial charge in [0.1, 0.15) is 17.6 Å². The van der Waals surface area contributed by atoms with Crippen molar-refractivity contribution in [3.05, 3.63) is 23.2 Å². The second-order valence-corrected chi connectivity index (χ2v) is 5.44. The van der Waals surface area contributed by atoms with Crippen LogP contribution in [0.5, 0.6) is 0 Å². The maximum absolute atomic E-state index is 12.0. The molecule has 1 amide bonds. The van der Waals surface area contributed by atoms with E-state index in [9.17, 15) is 9.59 Å². The molecule has 0 saturated heterocycles. The molecule has 0 aromatic carbocycles. The number of carbonyl (C=O) groups is 2. The lowest BCUT2D eigenvalue weighted by Gasteiger charge is -2.27. The third kappa shape index (κ3) is 3.12. The van der Waals surface area contributed by atoms with Crippen LogP contribution in [-0.4, -0.2) is 23.0 Å². The first-order chi connectivity index (χ1) is 8.12. The number of aryl methyl sites for hydroxylation is 2. The Hall–Kier alpha value is -1.78. The molecule has 0 spiro atoms. The summed E-state index contributed by atoms with van der Waals surface area (Å²) in [4.78, 5) is 23.2. The molecule has 0 aliphatic carbocycles. The maximum Gasteiger partial charge on any atom is 0.326 e. The Morgan fingerprint density at radius 3 is 2.22 bits per heavy atom. The minimum atomic E-state index is -1.05. The number of hydrogen-bond donors (Lipinski definition) is 2. The molecule has 1 rings (SSSR count). The third-order valence-corrected chi connectivity index (χ3v) is 2.67. The highest BCUT2D eigenvalue weighted by molar-refractivity contribution is 5.97. The van der Waals surface area contributed by atoms with Gasteiger partial charge >= 0.3 is 5.97 Å². The van der Waals surface area contributed by atoms with Crippen LogP contribution in [0, 0.1) is 19.3 Å². The molecule has 0 bridgehead atoms. The van der Waals surface area contributed by atoms with Gasteiger partial charge in [0.15, 0.2) is 0 Å². The fourth-order valence-corrected chi connectivity index (χ4v) is 1.71. The number of furan rings is 1. The lowest BCUT2D eigenvalue weighted by molar-refractivity contribution is -0.142. The predicted molar refractivity (Wildman–Crippen MR) is 66.5 cm³/mol. The zero-order valence-corrected chi connectivity index (χ0v) is 11.3. The highest BCUT2D eigenvalue weighted by atomic mass is 16.4. The van der Waals surface area contributed by atoms with Crippen LogP contribution in [0.2, 0.25) is 0 Å². The molecule has 100 valence electrons. The smallest absolute Gasteiger partial charge is 0.326 e. The van der Waals surface area contributed by atoms with E-state index < -0.39 is 23.3 Å². The first kappa shape index (κ1) is 14.3. The second kappa shape index (κ2) is 4.84. The molecule has 5 heteroatoms. The number of amides is 1. The van der Waals surface area contributed by atoms with Gasteiger partial charge in [0, 0.05) is 0 Å². The van der Waals surface area contributed by atoms with Crippen LogP contribution >= 0.6 is 0 Å². The van der Waals surface area contributed by atoms with Crippen LogP contribution in [0.25, 0.3) is 0 Å². The van der Waals surface area contributed by atoms with Crippen molar-refractivity contribution in [2.24, 2.45) is 5.41 Å². The zero-order chi connectivity index (χ0) is 14.1. The molecule has 2 N–H and O–H groups in total. The monoisotopic (exact) mass is 253 g/mol. The lowest BCUT2D eigenvalue weighted by atomic mass is 9.86. The third-order valence-electron chi connectivity index (χ3n) is 2.67. The topological polar surface area (TPSA) is 79.5 Å². The average Bonchev–Trinajstić information content (AvgIpc) is 2.51. The molecule has 1 aromatic heterocycles. The molecule has 1 aromatic rings. The van der Waals surface area contributed by atoms with Gasteiger partial charge in [-0.25, -0.2) is 4.79 Å². The van der Waals surface area contributed by atoms with E-state index in [1.165, 1.54) is 0 Å². The van der Waals surface area contributed by atoms with E-state index in [0.29, 0.717) is 17.1 Å². The van der Waals surface area contributed by atoms with E-state index in [0.717, 1.165) is 0 Å². The molecule has 18 heavy (non-hydrogen) atoms. The van der Waals surface area contributed by atoms with Gasteiger partial charge in [-0.3, -0.25) is 4.79 Å². The van der Waals surface area contributed by atoms with E-state index >= 15 is 0 Å². The quantitative estimate of drug-likeness (QED) is 0.864. The van der Waals surface area contributed by atoms with E-state index in [2.05, 4.69) is 5.32 Å². The number of carboxylic acids is 1. The Balaban J connectivity index is 2.93. The van der Waals surface area contributed by atoms with Crippen molar-refractivity contribution in [1.82, 2.24) is 5.32 Å². The summed E-state index contributed by atoms with van der Waals surface area (Å²) in [7, 11) is 0. The summed E-state index contributed by atoms with van der Waals surface area (Å²) in [5.41, 5.74) is -0.184. The van der Waals surface area contributed by atoms with Crippen molar-refractivity contribution in [2.75, 3.05) is 0 Å². The summed E-state index contributed by atoms with van der Waals surface area (Å²) in [5, 5.41) is 11.7. The zero-order valence-electron chi connectivity index (χ0n) is 11.3.